The van der Waals surface area contributed by atoms with Gasteiger partial charge in [-0.3, -0.25) is 0 Å². The molecule has 2 N–H and O–H groups in total. The minimum atomic E-state index is 0.181. The summed E-state index contributed by atoms with van der Waals surface area (Å²) in [4.78, 5) is 0. The molecule has 0 bridgehead atoms. The summed E-state index contributed by atoms with van der Waals surface area (Å²) < 4.78 is 0. The Morgan fingerprint density at radius 3 is 2.17 bits per heavy atom. The first kappa shape index (κ1) is 15.8. The normalized spacial score (nSPS) is 26.3. The summed E-state index contributed by atoms with van der Waals surface area (Å²) >= 11 is 0. The van der Waals surface area contributed by atoms with Crippen LogP contribution in [0.5, 0.6) is 0 Å². The van der Waals surface area contributed by atoms with E-state index in [1.807, 2.05) is 12.1 Å². The minimum absolute atomic E-state index is 0.181. The second kappa shape index (κ2) is 7.42. The van der Waals surface area contributed by atoms with Crippen LogP contribution in [0, 0.1) is 5.92 Å². The number of nitrogens with one attached hydrogen (secondary N) is 1. The zero-order valence-electron chi connectivity index (χ0n) is 13.5. The van der Waals surface area contributed by atoms with E-state index in [9.17, 15) is 5.21 Å². The standard InChI is InChI=1S/C20H24N2O/c1-2-9-17-19(22-23)14-18(15-10-5-3-6-11-15)21-20(17)16-12-7-4-8-13-16/h3-8,10-13,17-18,20-21,23H,2,9,14H2,1H3/b22-19+/t17-,18-,20-/m0/s1. The Morgan fingerprint density at radius 2 is 1.61 bits per heavy atom. The lowest BCUT2D eigenvalue weighted by atomic mass is 9.78. The third-order valence-corrected chi connectivity index (χ3v) is 4.71. The highest BCUT2D eigenvalue weighted by Gasteiger charge is 2.35. The lowest BCUT2D eigenvalue weighted by molar-refractivity contribution is 0.284. The summed E-state index contributed by atoms with van der Waals surface area (Å²) in [6, 6.07) is 21.3. The van der Waals surface area contributed by atoms with Gasteiger partial charge in [0, 0.05) is 24.4 Å². The van der Waals surface area contributed by atoms with Crippen LogP contribution in [0.2, 0.25) is 0 Å². The highest BCUT2D eigenvalue weighted by atomic mass is 16.4. The molecule has 3 atom stereocenters. The molecule has 3 rings (SSSR count). The Hall–Kier alpha value is -2.13. The molecule has 0 amide bonds. The van der Waals surface area contributed by atoms with Crippen LogP contribution in [0.25, 0.3) is 0 Å². The van der Waals surface area contributed by atoms with Crippen molar-refractivity contribution in [1.82, 2.24) is 5.32 Å². The largest absolute Gasteiger partial charge is 0.411 e. The number of nitrogens with zero attached hydrogens (tertiary/aromatic N) is 1. The molecule has 1 saturated heterocycles. The first-order valence-electron chi connectivity index (χ1n) is 8.40. The molecule has 120 valence electrons. The van der Waals surface area contributed by atoms with Gasteiger partial charge in [0.2, 0.25) is 0 Å². The molecule has 2 aromatic carbocycles. The number of piperidine rings is 1. The van der Waals surface area contributed by atoms with Gasteiger partial charge in [0.15, 0.2) is 0 Å². The van der Waals surface area contributed by atoms with E-state index in [0.717, 1.165) is 25.0 Å². The van der Waals surface area contributed by atoms with Crippen molar-refractivity contribution < 1.29 is 5.21 Å². The molecule has 0 aliphatic carbocycles. The Labute approximate surface area is 138 Å². The van der Waals surface area contributed by atoms with Gasteiger partial charge in [-0.05, 0) is 17.5 Å². The van der Waals surface area contributed by atoms with E-state index >= 15 is 0 Å². The second-order valence-corrected chi connectivity index (χ2v) is 6.21. The van der Waals surface area contributed by atoms with Crippen LogP contribution in [0.1, 0.15) is 49.4 Å². The predicted molar refractivity (Wildman–Crippen MR) is 93.7 cm³/mol. The lowest BCUT2D eigenvalue weighted by Crippen LogP contribution is -2.42. The molecule has 1 aliphatic heterocycles. The van der Waals surface area contributed by atoms with Gasteiger partial charge in [-0.15, -0.1) is 0 Å². The lowest BCUT2D eigenvalue weighted by Gasteiger charge is -2.38. The Morgan fingerprint density at radius 1 is 1.00 bits per heavy atom. The summed E-state index contributed by atoms with van der Waals surface area (Å²) in [5.74, 6) is 0.243. The smallest absolute Gasteiger partial charge is 0.0639 e. The maximum absolute atomic E-state index is 9.58. The van der Waals surface area contributed by atoms with E-state index in [-0.39, 0.29) is 18.0 Å². The molecular weight excluding hydrogens is 284 g/mol. The molecule has 1 fully saturated rings. The Bertz CT molecular complexity index is 639. The van der Waals surface area contributed by atoms with Gasteiger partial charge in [0.1, 0.15) is 0 Å². The van der Waals surface area contributed by atoms with Gasteiger partial charge < -0.3 is 10.5 Å². The average molecular weight is 308 g/mol. The zero-order chi connectivity index (χ0) is 16.1. The highest BCUT2D eigenvalue weighted by molar-refractivity contribution is 5.88. The third kappa shape index (κ3) is 3.45. The monoisotopic (exact) mass is 308 g/mol. The molecule has 0 saturated carbocycles. The fourth-order valence-corrected chi connectivity index (χ4v) is 3.59. The maximum Gasteiger partial charge on any atom is 0.0639 e. The summed E-state index contributed by atoms with van der Waals surface area (Å²) in [5.41, 5.74) is 3.41. The number of hydrogen-bond donors (Lipinski definition) is 2. The van der Waals surface area contributed by atoms with Crippen molar-refractivity contribution in [3.63, 3.8) is 0 Å². The molecule has 23 heavy (non-hydrogen) atoms. The van der Waals surface area contributed by atoms with Gasteiger partial charge in [-0.1, -0.05) is 79.2 Å². The van der Waals surface area contributed by atoms with E-state index in [1.165, 1.54) is 11.1 Å². The van der Waals surface area contributed by atoms with Crippen molar-refractivity contribution in [1.29, 1.82) is 0 Å². The van der Waals surface area contributed by atoms with Crippen molar-refractivity contribution in [2.75, 3.05) is 0 Å². The Kier molecular flexibility index (Phi) is 5.09. The molecular formula is C20H24N2O. The maximum atomic E-state index is 9.58. The molecule has 2 aromatic rings. The van der Waals surface area contributed by atoms with Gasteiger partial charge in [0.25, 0.3) is 0 Å². The summed E-state index contributed by atoms with van der Waals surface area (Å²) in [6.45, 7) is 2.18. The molecule has 3 nitrogen and oxygen atoms in total. The predicted octanol–water partition coefficient (Wildman–Crippen LogP) is 4.71. The van der Waals surface area contributed by atoms with E-state index in [4.69, 9.17) is 0 Å². The van der Waals surface area contributed by atoms with Crippen LogP contribution in [0.4, 0.5) is 0 Å². The zero-order valence-corrected chi connectivity index (χ0v) is 13.5. The number of oxime groups is 1. The molecule has 1 heterocycles. The number of rotatable bonds is 4. The van der Waals surface area contributed by atoms with E-state index in [2.05, 4.69) is 65.9 Å². The average Bonchev–Trinajstić information content (AvgIpc) is 2.63. The Balaban J connectivity index is 1.95. The molecule has 0 aromatic heterocycles. The van der Waals surface area contributed by atoms with Crippen molar-refractivity contribution in [3.05, 3.63) is 71.8 Å². The molecule has 0 unspecified atom stereocenters. The third-order valence-electron chi connectivity index (χ3n) is 4.71. The molecule has 3 heteroatoms. The number of hydrogen-bond acceptors (Lipinski definition) is 3. The van der Waals surface area contributed by atoms with Crippen molar-refractivity contribution in [3.8, 4) is 0 Å². The van der Waals surface area contributed by atoms with E-state index in [1.54, 1.807) is 0 Å². The summed E-state index contributed by atoms with van der Waals surface area (Å²) in [6.07, 6.45) is 2.85. The van der Waals surface area contributed by atoms with E-state index < -0.39 is 0 Å². The second-order valence-electron chi connectivity index (χ2n) is 6.21. The fraction of sp³-hybridized carbons (Fsp3) is 0.350. The van der Waals surface area contributed by atoms with E-state index in [0.29, 0.717) is 0 Å². The van der Waals surface area contributed by atoms with Crippen LogP contribution >= 0.6 is 0 Å². The summed E-state index contributed by atoms with van der Waals surface area (Å²) in [5, 5.41) is 17.0. The molecule has 0 spiro atoms. The molecule has 1 aliphatic rings. The van der Waals surface area contributed by atoms with Gasteiger partial charge in [0.05, 0.1) is 5.71 Å². The SMILES string of the molecule is CCC[C@H]1/C(=N/O)C[C@@H](c2ccccc2)N[C@H]1c1ccccc1. The quantitative estimate of drug-likeness (QED) is 0.634. The van der Waals surface area contributed by atoms with Crippen LogP contribution in [0.15, 0.2) is 65.8 Å². The first-order valence-corrected chi connectivity index (χ1v) is 8.40. The van der Waals surface area contributed by atoms with Crippen LogP contribution < -0.4 is 5.32 Å². The topological polar surface area (TPSA) is 44.6 Å². The van der Waals surface area contributed by atoms with Crippen molar-refractivity contribution in [2.45, 2.75) is 38.3 Å². The highest BCUT2D eigenvalue weighted by Crippen LogP contribution is 2.37. The van der Waals surface area contributed by atoms with Gasteiger partial charge in [-0.25, -0.2) is 0 Å². The summed E-state index contributed by atoms with van der Waals surface area (Å²) in [7, 11) is 0. The number of benzene rings is 2. The van der Waals surface area contributed by atoms with Gasteiger partial charge >= 0.3 is 0 Å². The van der Waals surface area contributed by atoms with Crippen LogP contribution in [-0.4, -0.2) is 10.9 Å². The van der Waals surface area contributed by atoms with Crippen LogP contribution in [-0.2, 0) is 0 Å². The minimum Gasteiger partial charge on any atom is -0.411 e. The van der Waals surface area contributed by atoms with Gasteiger partial charge in [-0.2, -0.15) is 0 Å². The van der Waals surface area contributed by atoms with Crippen molar-refractivity contribution in [2.24, 2.45) is 11.1 Å². The van der Waals surface area contributed by atoms with Crippen LogP contribution in [0.3, 0.4) is 0 Å². The molecule has 0 radical (unpaired) electrons. The van der Waals surface area contributed by atoms with Crippen molar-refractivity contribution >= 4 is 5.71 Å². The first-order chi connectivity index (χ1) is 11.3. The fourth-order valence-electron chi connectivity index (χ4n) is 3.59.